The highest BCUT2D eigenvalue weighted by Gasteiger charge is 2.32. The van der Waals surface area contributed by atoms with Crippen LogP contribution in [-0.4, -0.2) is 26.5 Å². The van der Waals surface area contributed by atoms with Crippen molar-refractivity contribution in [3.05, 3.63) is 35.5 Å². The standard InChI is InChI=1S/C15H16F3N3O/c1-8-12(16)2-3-13(19-8)11-6-21(20-14(11)15(17)18)10-4-9(5-10)7-22/h2-3,6,9-10,15,22H,4-5,7H2,1H3. The van der Waals surface area contributed by atoms with E-state index in [2.05, 4.69) is 10.1 Å². The molecule has 0 radical (unpaired) electrons. The second kappa shape index (κ2) is 5.72. The molecule has 1 aliphatic carbocycles. The van der Waals surface area contributed by atoms with Crippen LogP contribution in [0.25, 0.3) is 11.3 Å². The average Bonchev–Trinajstić information content (AvgIpc) is 2.86. The van der Waals surface area contributed by atoms with Crippen LogP contribution in [0.2, 0.25) is 0 Å². The lowest BCUT2D eigenvalue weighted by atomic mass is 9.81. The van der Waals surface area contributed by atoms with Gasteiger partial charge in [-0.1, -0.05) is 0 Å². The molecule has 7 heteroatoms. The Kier molecular flexibility index (Phi) is 3.90. The van der Waals surface area contributed by atoms with Crippen molar-refractivity contribution in [3.63, 3.8) is 0 Å². The lowest BCUT2D eigenvalue weighted by Gasteiger charge is -2.34. The minimum atomic E-state index is -2.72. The van der Waals surface area contributed by atoms with Crippen LogP contribution in [0, 0.1) is 18.7 Å². The summed E-state index contributed by atoms with van der Waals surface area (Å²) in [5.41, 5.74) is 0.337. The van der Waals surface area contributed by atoms with E-state index in [4.69, 9.17) is 5.11 Å². The Morgan fingerprint density at radius 2 is 2.09 bits per heavy atom. The Morgan fingerprint density at radius 1 is 1.36 bits per heavy atom. The Morgan fingerprint density at radius 3 is 2.68 bits per heavy atom. The van der Waals surface area contributed by atoms with Crippen molar-refractivity contribution in [2.75, 3.05) is 6.61 Å². The fraction of sp³-hybridized carbons (Fsp3) is 0.467. The van der Waals surface area contributed by atoms with Crippen LogP contribution in [-0.2, 0) is 0 Å². The van der Waals surface area contributed by atoms with E-state index < -0.39 is 12.2 Å². The molecule has 118 valence electrons. The fourth-order valence-electron chi connectivity index (χ4n) is 2.71. The van der Waals surface area contributed by atoms with Gasteiger partial charge in [0.2, 0.25) is 0 Å². The summed E-state index contributed by atoms with van der Waals surface area (Å²) in [6.07, 6.45) is 0.253. The van der Waals surface area contributed by atoms with Gasteiger partial charge in [-0.3, -0.25) is 4.68 Å². The summed E-state index contributed by atoms with van der Waals surface area (Å²) in [5, 5.41) is 13.0. The highest BCUT2D eigenvalue weighted by Crippen LogP contribution is 2.39. The van der Waals surface area contributed by atoms with Gasteiger partial charge in [-0.2, -0.15) is 5.10 Å². The van der Waals surface area contributed by atoms with E-state index in [1.54, 1.807) is 6.20 Å². The fourth-order valence-corrected chi connectivity index (χ4v) is 2.71. The number of pyridine rings is 1. The minimum Gasteiger partial charge on any atom is -0.396 e. The highest BCUT2D eigenvalue weighted by molar-refractivity contribution is 5.61. The van der Waals surface area contributed by atoms with E-state index in [1.165, 1.54) is 23.7 Å². The molecule has 0 aromatic carbocycles. The SMILES string of the molecule is Cc1nc(-c2cn(C3CC(CO)C3)nc2C(F)F)ccc1F. The van der Waals surface area contributed by atoms with Crippen LogP contribution in [0.1, 0.15) is 36.7 Å². The van der Waals surface area contributed by atoms with E-state index in [9.17, 15) is 13.2 Å². The first-order chi connectivity index (χ1) is 10.5. The summed E-state index contributed by atoms with van der Waals surface area (Å²) in [6.45, 7) is 1.59. The number of aromatic nitrogens is 3. The number of hydrogen-bond donors (Lipinski definition) is 1. The number of rotatable bonds is 4. The molecule has 1 fully saturated rings. The van der Waals surface area contributed by atoms with E-state index >= 15 is 0 Å². The molecule has 1 saturated carbocycles. The van der Waals surface area contributed by atoms with Gasteiger partial charge >= 0.3 is 0 Å². The largest absolute Gasteiger partial charge is 0.396 e. The number of aliphatic hydroxyl groups excluding tert-OH is 1. The zero-order valence-corrected chi connectivity index (χ0v) is 12.0. The van der Waals surface area contributed by atoms with Crippen LogP contribution >= 0.6 is 0 Å². The third-order valence-electron chi connectivity index (χ3n) is 4.11. The van der Waals surface area contributed by atoms with Crippen molar-refractivity contribution < 1.29 is 18.3 Å². The third-order valence-corrected chi connectivity index (χ3v) is 4.11. The number of aliphatic hydroxyl groups is 1. The molecular weight excluding hydrogens is 295 g/mol. The first kappa shape index (κ1) is 15.0. The van der Waals surface area contributed by atoms with E-state index in [0.717, 1.165) is 12.8 Å². The molecule has 3 rings (SSSR count). The maximum Gasteiger partial charge on any atom is 0.282 e. The molecule has 0 saturated heterocycles. The van der Waals surface area contributed by atoms with Gasteiger partial charge in [0.15, 0.2) is 0 Å². The van der Waals surface area contributed by atoms with Crippen molar-refractivity contribution in [1.82, 2.24) is 14.8 Å². The second-order valence-electron chi connectivity index (χ2n) is 5.65. The molecule has 0 bridgehead atoms. The molecule has 2 aromatic rings. The van der Waals surface area contributed by atoms with Gasteiger partial charge in [0.05, 0.1) is 17.4 Å². The molecule has 4 nitrogen and oxygen atoms in total. The Hall–Kier alpha value is -1.89. The van der Waals surface area contributed by atoms with Crippen LogP contribution in [0.5, 0.6) is 0 Å². The number of aryl methyl sites for hydroxylation is 1. The van der Waals surface area contributed by atoms with Crippen molar-refractivity contribution in [2.24, 2.45) is 5.92 Å². The maximum absolute atomic E-state index is 13.3. The van der Waals surface area contributed by atoms with E-state index in [0.29, 0.717) is 5.69 Å². The molecule has 1 aliphatic rings. The average molecular weight is 311 g/mol. The molecule has 0 spiro atoms. The summed E-state index contributed by atoms with van der Waals surface area (Å²) in [6, 6.07) is 2.62. The minimum absolute atomic E-state index is 0.0185. The van der Waals surface area contributed by atoms with Crippen molar-refractivity contribution in [1.29, 1.82) is 0 Å². The smallest absolute Gasteiger partial charge is 0.282 e. The summed E-state index contributed by atoms with van der Waals surface area (Å²) in [5.74, 6) is -0.265. The highest BCUT2D eigenvalue weighted by atomic mass is 19.3. The van der Waals surface area contributed by atoms with E-state index in [-0.39, 0.29) is 35.5 Å². The molecule has 22 heavy (non-hydrogen) atoms. The number of alkyl halides is 2. The van der Waals surface area contributed by atoms with Gasteiger partial charge in [-0.25, -0.2) is 18.2 Å². The molecular formula is C15H16F3N3O. The van der Waals surface area contributed by atoms with Gasteiger partial charge in [-0.15, -0.1) is 0 Å². The van der Waals surface area contributed by atoms with Crippen molar-refractivity contribution >= 4 is 0 Å². The molecule has 2 aromatic heterocycles. The number of nitrogens with zero attached hydrogens (tertiary/aromatic N) is 3. The molecule has 0 unspecified atom stereocenters. The van der Waals surface area contributed by atoms with Crippen LogP contribution in [0.3, 0.4) is 0 Å². The zero-order valence-electron chi connectivity index (χ0n) is 12.0. The molecule has 1 N–H and O–H groups in total. The van der Waals surface area contributed by atoms with Gasteiger partial charge in [0.25, 0.3) is 6.43 Å². The van der Waals surface area contributed by atoms with Gasteiger partial charge in [0, 0.05) is 18.4 Å². The lowest BCUT2D eigenvalue weighted by Crippen LogP contribution is -2.29. The second-order valence-corrected chi connectivity index (χ2v) is 5.65. The molecule has 2 heterocycles. The summed E-state index contributed by atoms with van der Waals surface area (Å²) in [7, 11) is 0. The number of hydrogen-bond acceptors (Lipinski definition) is 3. The van der Waals surface area contributed by atoms with Crippen molar-refractivity contribution in [3.8, 4) is 11.3 Å². The van der Waals surface area contributed by atoms with Crippen molar-refractivity contribution in [2.45, 2.75) is 32.2 Å². The van der Waals surface area contributed by atoms with Gasteiger partial charge in [0.1, 0.15) is 11.5 Å². The summed E-state index contributed by atoms with van der Waals surface area (Å²) in [4.78, 5) is 4.03. The van der Waals surface area contributed by atoms with Gasteiger partial charge in [-0.05, 0) is 37.8 Å². The van der Waals surface area contributed by atoms with Crippen LogP contribution in [0.4, 0.5) is 13.2 Å². The Labute approximate surface area is 125 Å². The Bertz CT molecular complexity index is 681. The first-order valence-corrected chi connectivity index (χ1v) is 7.11. The van der Waals surface area contributed by atoms with Gasteiger partial charge < -0.3 is 5.11 Å². The van der Waals surface area contributed by atoms with Crippen LogP contribution in [0.15, 0.2) is 18.3 Å². The third kappa shape index (κ3) is 2.61. The summed E-state index contributed by atoms with van der Waals surface area (Å²) >= 11 is 0. The number of halogens is 3. The first-order valence-electron chi connectivity index (χ1n) is 7.11. The topological polar surface area (TPSA) is 50.9 Å². The molecule has 0 atom stereocenters. The summed E-state index contributed by atoms with van der Waals surface area (Å²) < 4.78 is 41.2. The molecule has 0 amide bonds. The predicted octanol–water partition coefficient (Wildman–Crippen LogP) is 3.27. The van der Waals surface area contributed by atoms with Crippen LogP contribution < -0.4 is 0 Å². The zero-order chi connectivity index (χ0) is 15.9. The maximum atomic E-state index is 13.3. The predicted molar refractivity (Wildman–Crippen MR) is 74.0 cm³/mol. The normalized spacial score (nSPS) is 21.2. The Balaban J connectivity index is 1.95. The quantitative estimate of drug-likeness (QED) is 0.943. The lowest BCUT2D eigenvalue weighted by molar-refractivity contribution is 0.102. The molecule has 0 aliphatic heterocycles. The van der Waals surface area contributed by atoms with E-state index in [1.807, 2.05) is 0 Å². The monoisotopic (exact) mass is 311 g/mol.